The zero-order chi connectivity index (χ0) is 13.0. The first-order chi connectivity index (χ1) is 8.71. The third-order valence-corrected chi connectivity index (χ3v) is 2.69. The zero-order valence-corrected chi connectivity index (χ0v) is 11.0. The van der Waals surface area contributed by atoms with Gasteiger partial charge >= 0.3 is 0 Å². The Morgan fingerprint density at radius 1 is 1.17 bits per heavy atom. The van der Waals surface area contributed by atoms with Gasteiger partial charge in [-0.05, 0) is 31.0 Å². The highest BCUT2D eigenvalue weighted by molar-refractivity contribution is 5.58. The fourth-order valence-corrected chi connectivity index (χ4v) is 1.76. The number of nitrogens with zero attached hydrogens (tertiary/aromatic N) is 2. The molecule has 1 aromatic carbocycles. The molecule has 18 heavy (non-hydrogen) atoms. The molecule has 0 saturated carbocycles. The van der Waals surface area contributed by atoms with Crippen LogP contribution in [0.2, 0.25) is 0 Å². The summed E-state index contributed by atoms with van der Waals surface area (Å²) in [6, 6.07) is 10.3. The predicted molar refractivity (Wildman–Crippen MR) is 75.4 cm³/mol. The molecule has 0 atom stereocenters. The maximum atomic E-state index is 4.37. The number of benzene rings is 1. The largest absolute Gasteiger partial charge is 0.357 e. The van der Waals surface area contributed by atoms with Crippen LogP contribution >= 0.6 is 0 Å². The normalized spacial score (nSPS) is 10.2. The first kappa shape index (κ1) is 12.4. The van der Waals surface area contributed by atoms with Crippen LogP contribution in [-0.4, -0.2) is 17.0 Å². The third kappa shape index (κ3) is 2.97. The van der Waals surface area contributed by atoms with Gasteiger partial charge in [0.1, 0.15) is 5.82 Å². The first-order valence-corrected chi connectivity index (χ1v) is 6.10. The summed E-state index contributed by atoms with van der Waals surface area (Å²) in [6.07, 6.45) is 1.03. The monoisotopic (exact) mass is 242 g/mol. The Hall–Kier alpha value is -2.10. The van der Waals surface area contributed by atoms with E-state index in [4.69, 9.17) is 0 Å². The molecule has 0 aliphatic rings. The molecule has 0 aliphatic heterocycles. The minimum Gasteiger partial charge on any atom is -0.357 e. The van der Waals surface area contributed by atoms with Gasteiger partial charge in [-0.25, -0.2) is 4.98 Å². The molecule has 2 N–H and O–H groups in total. The number of rotatable bonds is 4. The van der Waals surface area contributed by atoms with Gasteiger partial charge < -0.3 is 10.6 Å². The number of hydrogen-bond acceptors (Lipinski definition) is 4. The van der Waals surface area contributed by atoms with E-state index in [1.165, 1.54) is 5.56 Å². The van der Waals surface area contributed by atoms with Crippen LogP contribution < -0.4 is 10.6 Å². The standard InChI is InChI=1S/C14H18N4/c1-4-11-6-5-7-12(9-11)17-13-8-10(2)16-14(15-3)18-13/h5-9H,4H2,1-3H3,(H2,15,16,17,18). The Morgan fingerprint density at radius 2 is 2.00 bits per heavy atom. The van der Waals surface area contributed by atoms with Crippen molar-refractivity contribution < 1.29 is 0 Å². The van der Waals surface area contributed by atoms with Crippen molar-refractivity contribution in [2.45, 2.75) is 20.3 Å². The summed E-state index contributed by atoms with van der Waals surface area (Å²) in [5.41, 5.74) is 3.29. The van der Waals surface area contributed by atoms with Crippen LogP contribution in [0.3, 0.4) is 0 Å². The summed E-state index contributed by atoms with van der Waals surface area (Å²) >= 11 is 0. The molecule has 0 amide bonds. The molecule has 0 unspecified atom stereocenters. The van der Waals surface area contributed by atoms with E-state index in [0.29, 0.717) is 5.95 Å². The van der Waals surface area contributed by atoms with Gasteiger partial charge in [0.15, 0.2) is 0 Å². The highest BCUT2D eigenvalue weighted by Crippen LogP contribution is 2.18. The fraction of sp³-hybridized carbons (Fsp3) is 0.286. The molecule has 1 heterocycles. The smallest absolute Gasteiger partial charge is 0.224 e. The Morgan fingerprint density at radius 3 is 2.72 bits per heavy atom. The summed E-state index contributed by atoms with van der Waals surface area (Å²) in [5.74, 6) is 1.43. The van der Waals surface area contributed by atoms with Crippen molar-refractivity contribution >= 4 is 17.5 Å². The molecule has 0 aliphatic carbocycles. The van der Waals surface area contributed by atoms with E-state index >= 15 is 0 Å². The third-order valence-electron chi connectivity index (χ3n) is 2.69. The maximum absolute atomic E-state index is 4.37. The predicted octanol–water partition coefficient (Wildman–Crippen LogP) is 3.13. The van der Waals surface area contributed by atoms with E-state index in [2.05, 4.69) is 39.7 Å². The molecule has 4 heteroatoms. The highest BCUT2D eigenvalue weighted by Gasteiger charge is 2.01. The Bertz CT molecular complexity index is 537. The van der Waals surface area contributed by atoms with Crippen LogP contribution in [0.4, 0.5) is 17.5 Å². The van der Waals surface area contributed by atoms with E-state index in [1.54, 1.807) is 0 Å². The second-order valence-electron chi connectivity index (χ2n) is 4.15. The van der Waals surface area contributed by atoms with Crippen LogP contribution in [0.25, 0.3) is 0 Å². The van der Waals surface area contributed by atoms with Crippen LogP contribution in [0.1, 0.15) is 18.2 Å². The molecule has 2 aromatic rings. The minimum atomic E-state index is 0.629. The maximum Gasteiger partial charge on any atom is 0.224 e. The molecule has 1 aromatic heterocycles. The Kier molecular flexibility index (Phi) is 3.77. The average Bonchev–Trinajstić information content (AvgIpc) is 2.38. The lowest BCUT2D eigenvalue weighted by Gasteiger charge is -2.09. The van der Waals surface area contributed by atoms with Crippen molar-refractivity contribution in [2.24, 2.45) is 0 Å². The molecule has 0 spiro atoms. The quantitative estimate of drug-likeness (QED) is 0.864. The van der Waals surface area contributed by atoms with E-state index in [9.17, 15) is 0 Å². The molecule has 94 valence electrons. The zero-order valence-electron chi connectivity index (χ0n) is 11.0. The number of nitrogens with one attached hydrogen (secondary N) is 2. The molecular formula is C14H18N4. The second-order valence-corrected chi connectivity index (χ2v) is 4.15. The Balaban J connectivity index is 2.24. The van der Waals surface area contributed by atoms with Crippen molar-refractivity contribution in [1.29, 1.82) is 0 Å². The van der Waals surface area contributed by atoms with Gasteiger partial charge in [-0.15, -0.1) is 0 Å². The van der Waals surface area contributed by atoms with Gasteiger partial charge in [-0.1, -0.05) is 19.1 Å². The van der Waals surface area contributed by atoms with Crippen molar-refractivity contribution in [3.8, 4) is 0 Å². The van der Waals surface area contributed by atoms with Crippen molar-refractivity contribution in [3.05, 3.63) is 41.6 Å². The van der Waals surface area contributed by atoms with Gasteiger partial charge in [0, 0.05) is 24.5 Å². The van der Waals surface area contributed by atoms with Crippen LogP contribution in [0.5, 0.6) is 0 Å². The fourth-order valence-electron chi connectivity index (χ4n) is 1.76. The van der Waals surface area contributed by atoms with Crippen LogP contribution in [0, 0.1) is 6.92 Å². The summed E-state index contributed by atoms with van der Waals surface area (Å²) in [5, 5.41) is 6.26. The van der Waals surface area contributed by atoms with Gasteiger partial charge in [0.25, 0.3) is 0 Å². The van der Waals surface area contributed by atoms with Gasteiger partial charge in [-0.2, -0.15) is 4.98 Å². The summed E-state index contributed by atoms with van der Waals surface area (Å²) in [6.45, 7) is 4.10. The van der Waals surface area contributed by atoms with E-state index < -0.39 is 0 Å². The van der Waals surface area contributed by atoms with E-state index in [0.717, 1.165) is 23.6 Å². The van der Waals surface area contributed by atoms with Gasteiger partial charge in [0.2, 0.25) is 5.95 Å². The van der Waals surface area contributed by atoms with Crippen LogP contribution in [0.15, 0.2) is 30.3 Å². The molecular weight excluding hydrogens is 224 g/mol. The topological polar surface area (TPSA) is 49.8 Å². The second kappa shape index (κ2) is 5.49. The lowest BCUT2D eigenvalue weighted by molar-refractivity contribution is 1.09. The lowest BCUT2D eigenvalue weighted by atomic mass is 10.1. The molecule has 4 nitrogen and oxygen atoms in total. The number of aromatic nitrogens is 2. The highest BCUT2D eigenvalue weighted by atomic mass is 15.1. The Labute approximate surface area is 107 Å². The molecule has 0 fully saturated rings. The van der Waals surface area contributed by atoms with E-state index in [1.807, 2.05) is 32.2 Å². The minimum absolute atomic E-state index is 0.629. The van der Waals surface area contributed by atoms with Crippen molar-refractivity contribution in [2.75, 3.05) is 17.7 Å². The molecule has 2 rings (SSSR count). The number of anilines is 3. The van der Waals surface area contributed by atoms with E-state index in [-0.39, 0.29) is 0 Å². The van der Waals surface area contributed by atoms with Crippen molar-refractivity contribution in [1.82, 2.24) is 9.97 Å². The molecule has 0 bridgehead atoms. The summed E-state index contributed by atoms with van der Waals surface area (Å²) in [4.78, 5) is 8.63. The summed E-state index contributed by atoms with van der Waals surface area (Å²) < 4.78 is 0. The van der Waals surface area contributed by atoms with Gasteiger partial charge in [-0.3, -0.25) is 0 Å². The number of aryl methyl sites for hydroxylation is 2. The first-order valence-electron chi connectivity index (χ1n) is 6.10. The van der Waals surface area contributed by atoms with Crippen LogP contribution in [-0.2, 0) is 6.42 Å². The van der Waals surface area contributed by atoms with Crippen molar-refractivity contribution in [3.63, 3.8) is 0 Å². The summed E-state index contributed by atoms with van der Waals surface area (Å²) in [7, 11) is 1.82. The molecule has 0 radical (unpaired) electrons. The molecule has 0 saturated heterocycles. The lowest BCUT2D eigenvalue weighted by Crippen LogP contribution is -2.02. The SMILES string of the molecule is CCc1cccc(Nc2cc(C)nc(NC)n2)c1. The number of hydrogen-bond donors (Lipinski definition) is 2. The average molecular weight is 242 g/mol. The van der Waals surface area contributed by atoms with Gasteiger partial charge in [0.05, 0.1) is 0 Å².